The molecule has 0 radical (unpaired) electrons. The number of rotatable bonds is 4. The van der Waals surface area contributed by atoms with E-state index in [0.29, 0.717) is 13.2 Å². The van der Waals surface area contributed by atoms with E-state index in [1.807, 2.05) is 17.8 Å². The van der Waals surface area contributed by atoms with Crippen molar-refractivity contribution in [2.45, 2.75) is 43.2 Å². The van der Waals surface area contributed by atoms with E-state index in [1.54, 1.807) is 10.6 Å². The maximum absolute atomic E-state index is 12.7. The Hall–Kier alpha value is -0.960. The monoisotopic (exact) mass is 340 g/mol. The number of piperidine rings is 1. The Balaban J connectivity index is 1.50. The molecule has 0 unspecified atom stereocenters. The molecule has 23 heavy (non-hydrogen) atoms. The van der Waals surface area contributed by atoms with Crippen LogP contribution in [0, 0.1) is 0 Å². The van der Waals surface area contributed by atoms with Gasteiger partial charge in [-0.2, -0.15) is 4.31 Å². The van der Waals surface area contributed by atoms with Crippen molar-refractivity contribution < 1.29 is 13.2 Å². The van der Waals surface area contributed by atoms with E-state index in [0.717, 1.165) is 44.6 Å². The molecule has 0 spiro atoms. The topological polar surface area (TPSA) is 67.7 Å². The molecule has 0 amide bonds. The highest BCUT2D eigenvalue weighted by Gasteiger charge is 2.47. The molecule has 128 valence electrons. The van der Waals surface area contributed by atoms with Crippen molar-refractivity contribution >= 4 is 10.0 Å². The summed E-state index contributed by atoms with van der Waals surface area (Å²) < 4.78 is 35.1. The van der Waals surface area contributed by atoms with E-state index in [1.165, 1.54) is 0 Å². The van der Waals surface area contributed by atoms with Gasteiger partial charge in [-0.25, -0.2) is 13.4 Å². The molecule has 2 aliphatic heterocycles. The number of sulfonamides is 1. The summed E-state index contributed by atoms with van der Waals surface area (Å²) in [6.07, 6.45) is 6.24. The van der Waals surface area contributed by atoms with Crippen LogP contribution in [-0.2, 0) is 28.4 Å². The molecule has 1 aliphatic carbocycles. The molecule has 3 aliphatic rings. The maximum atomic E-state index is 12.7. The summed E-state index contributed by atoms with van der Waals surface area (Å²) >= 11 is 0. The molecule has 0 aromatic carbocycles. The number of fused-ring (bicyclic) bond motifs is 1. The van der Waals surface area contributed by atoms with Crippen molar-refractivity contribution in [2.24, 2.45) is 7.05 Å². The second-order valence-corrected chi connectivity index (χ2v) is 9.02. The van der Waals surface area contributed by atoms with Crippen LogP contribution >= 0.6 is 0 Å². The lowest BCUT2D eigenvalue weighted by Gasteiger charge is -2.46. The first-order valence-electron chi connectivity index (χ1n) is 8.35. The van der Waals surface area contributed by atoms with Crippen LogP contribution in [0.5, 0.6) is 0 Å². The standard InChI is InChI=1S/C15H24N4O3S/c1-17-11-16-8-12(17)9-18-5-4-15-14(10-18)19(6-7-22-15)23(20,21)13-2-3-13/h8,11,13-15H,2-7,9-10H2,1H3/t14-,15-/m0/s1. The van der Waals surface area contributed by atoms with E-state index in [2.05, 4.69) is 9.88 Å². The molecule has 1 aromatic heterocycles. The van der Waals surface area contributed by atoms with Crippen molar-refractivity contribution in [1.29, 1.82) is 0 Å². The zero-order chi connectivity index (χ0) is 16.0. The van der Waals surface area contributed by atoms with Crippen molar-refractivity contribution in [3.05, 3.63) is 18.2 Å². The van der Waals surface area contributed by atoms with E-state index >= 15 is 0 Å². The number of aromatic nitrogens is 2. The first-order valence-corrected chi connectivity index (χ1v) is 9.86. The molecule has 2 saturated heterocycles. The lowest BCUT2D eigenvalue weighted by atomic mass is 10.0. The predicted octanol–water partition coefficient (Wildman–Crippen LogP) is 0.187. The van der Waals surface area contributed by atoms with Gasteiger partial charge in [-0.05, 0) is 19.3 Å². The first-order chi connectivity index (χ1) is 11.1. The molecule has 8 heteroatoms. The Kier molecular flexibility index (Phi) is 3.95. The summed E-state index contributed by atoms with van der Waals surface area (Å²) in [6, 6.07) is -0.0451. The van der Waals surface area contributed by atoms with Crippen LogP contribution < -0.4 is 0 Å². The average molecular weight is 340 g/mol. The minimum absolute atomic E-state index is 0.0417. The van der Waals surface area contributed by atoms with E-state index in [-0.39, 0.29) is 17.4 Å². The number of hydrogen-bond acceptors (Lipinski definition) is 5. The molecule has 0 N–H and O–H groups in total. The summed E-state index contributed by atoms with van der Waals surface area (Å²) in [5.41, 5.74) is 1.15. The molecule has 3 heterocycles. The molecule has 0 bridgehead atoms. The SMILES string of the molecule is Cn1cncc1CN1CC[C@@H]2OCCN(S(=O)(=O)C3CC3)[C@H]2C1. The second kappa shape index (κ2) is 5.84. The molecule has 2 atom stereocenters. The summed E-state index contributed by atoms with van der Waals surface area (Å²) in [5, 5.41) is -0.145. The third kappa shape index (κ3) is 2.93. The highest BCUT2D eigenvalue weighted by molar-refractivity contribution is 7.90. The highest BCUT2D eigenvalue weighted by atomic mass is 32.2. The molecule has 1 saturated carbocycles. The van der Waals surface area contributed by atoms with Gasteiger partial charge in [0.05, 0.1) is 36.0 Å². The van der Waals surface area contributed by atoms with Gasteiger partial charge in [-0.3, -0.25) is 4.90 Å². The van der Waals surface area contributed by atoms with E-state index < -0.39 is 10.0 Å². The maximum Gasteiger partial charge on any atom is 0.217 e. The van der Waals surface area contributed by atoms with Crippen molar-refractivity contribution in [3.63, 3.8) is 0 Å². The van der Waals surface area contributed by atoms with Gasteiger partial charge in [0.15, 0.2) is 0 Å². The smallest absolute Gasteiger partial charge is 0.217 e. The highest BCUT2D eigenvalue weighted by Crippen LogP contribution is 2.35. The van der Waals surface area contributed by atoms with Crippen molar-refractivity contribution in [3.8, 4) is 0 Å². The fourth-order valence-electron chi connectivity index (χ4n) is 3.69. The van der Waals surface area contributed by atoms with Gasteiger partial charge in [0.25, 0.3) is 0 Å². The third-order valence-corrected chi connectivity index (χ3v) is 7.61. The number of nitrogens with zero attached hydrogens (tertiary/aromatic N) is 4. The molecule has 4 rings (SSSR count). The van der Waals surface area contributed by atoms with Crippen LogP contribution in [-0.4, -0.2) is 70.8 Å². The number of hydrogen-bond donors (Lipinski definition) is 0. The fraction of sp³-hybridized carbons (Fsp3) is 0.800. The van der Waals surface area contributed by atoms with Crippen LogP contribution in [0.4, 0.5) is 0 Å². The Morgan fingerprint density at radius 1 is 1.30 bits per heavy atom. The zero-order valence-electron chi connectivity index (χ0n) is 13.5. The van der Waals surface area contributed by atoms with Crippen LogP contribution in [0.25, 0.3) is 0 Å². The quantitative estimate of drug-likeness (QED) is 0.783. The molecular formula is C15H24N4O3S. The number of aryl methyl sites for hydroxylation is 1. The van der Waals surface area contributed by atoms with Crippen LogP contribution in [0.1, 0.15) is 25.0 Å². The van der Waals surface area contributed by atoms with Gasteiger partial charge in [-0.1, -0.05) is 0 Å². The summed E-state index contributed by atoms with van der Waals surface area (Å²) in [6.45, 7) is 3.50. The van der Waals surface area contributed by atoms with E-state index in [9.17, 15) is 8.42 Å². The van der Waals surface area contributed by atoms with Gasteiger partial charge in [0.1, 0.15) is 0 Å². The average Bonchev–Trinajstić information content (AvgIpc) is 3.33. The number of likely N-dealkylation sites (tertiary alicyclic amines) is 1. The van der Waals surface area contributed by atoms with Crippen LogP contribution in [0.3, 0.4) is 0 Å². The summed E-state index contributed by atoms with van der Waals surface area (Å²) in [5.74, 6) is 0. The zero-order valence-corrected chi connectivity index (χ0v) is 14.3. The Bertz CT molecular complexity index is 670. The largest absolute Gasteiger partial charge is 0.375 e. The Morgan fingerprint density at radius 2 is 2.13 bits per heavy atom. The number of morpholine rings is 1. The van der Waals surface area contributed by atoms with Crippen molar-refractivity contribution in [1.82, 2.24) is 18.8 Å². The lowest BCUT2D eigenvalue weighted by Crippen LogP contribution is -2.61. The van der Waals surface area contributed by atoms with Crippen LogP contribution in [0.15, 0.2) is 12.5 Å². The lowest BCUT2D eigenvalue weighted by molar-refractivity contribution is -0.0772. The first kappa shape index (κ1) is 15.6. The molecular weight excluding hydrogens is 316 g/mol. The second-order valence-electron chi connectivity index (χ2n) is 6.85. The van der Waals surface area contributed by atoms with Crippen molar-refractivity contribution in [2.75, 3.05) is 26.2 Å². The minimum Gasteiger partial charge on any atom is -0.375 e. The number of ether oxygens (including phenoxy) is 1. The predicted molar refractivity (Wildman–Crippen MR) is 85.3 cm³/mol. The third-order valence-electron chi connectivity index (χ3n) is 5.19. The minimum atomic E-state index is -3.14. The van der Waals surface area contributed by atoms with Gasteiger partial charge < -0.3 is 9.30 Å². The van der Waals surface area contributed by atoms with E-state index in [4.69, 9.17) is 4.74 Å². The molecule has 7 nitrogen and oxygen atoms in total. The van der Waals surface area contributed by atoms with Gasteiger partial charge in [0, 0.05) is 39.4 Å². The summed E-state index contributed by atoms with van der Waals surface area (Å²) in [7, 11) is -1.15. The van der Waals surface area contributed by atoms with Gasteiger partial charge >= 0.3 is 0 Å². The Morgan fingerprint density at radius 3 is 2.83 bits per heavy atom. The van der Waals surface area contributed by atoms with Gasteiger partial charge in [-0.15, -0.1) is 0 Å². The number of imidazole rings is 1. The molecule has 3 fully saturated rings. The Labute approximate surface area is 137 Å². The normalized spacial score (nSPS) is 30.3. The van der Waals surface area contributed by atoms with Gasteiger partial charge in [0.2, 0.25) is 10.0 Å². The molecule has 1 aromatic rings. The van der Waals surface area contributed by atoms with Crippen LogP contribution in [0.2, 0.25) is 0 Å². The fourth-order valence-corrected chi connectivity index (χ4v) is 5.71. The summed E-state index contributed by atoms with van der Waals surface area (Å²) in [4.78, 5) is 6.48.